The van der Waals surface area contributed by atoms with Crippen molar-refractivity contribution in [2.75, 3.05) is 19.5 Å². The van der Waals surface area contributed by atoms with Crippen molar-refractivity contribution >= 4 is 23.3 Å². The fourth-order valence-corrected chi connectivity index (χ4v) is 2.62. The molecule has 2 aromatic carbocycles. The van der Waals surface area contributed by atoms with Crippen LogP contribution in [-0.2, 0) is 4.74 Å². The van der Waals surface area contributed by atoms with Crippen molar-refractivity contribution in [1.82, 2.24) is 0 Å². The van der Waals surface area contributed by atoms with Crippen molar-refractivity contribution in [3.8, 4) is 11.5 Å². The van der Waals surface area contributed by atoms with E-state index in [4.69, 9.17) is 25.8 Å². The van der Waals surface area contributed by atoms with E-state index < -0.39 is 12.2 Å². The van der Waals surface area contributed by atoms with E-state index in [9.17, 15) is 4.79 Å². The molecule has 0 aliphatic carbocycles. The zero-order valence-electron chi connectivity index (χ0n) is 12.1. The molecular formula is C16H14ClNO4. The summed E-state index contributed by atoms with van der Waals surface area (Å²) in [5, 5.41) is 3.66. The van der Waals surface area contributed by atoms with E-state index in [1.165, 1.54) is 14.2 Å². The summed E-state index contributed by atoms with van der Waals surface area (Å²) < 4.78 is 15.9. The average molecular weight is 320 g/mol. The van der Waals surface area contributed by atoms with Crippen LogP contribution < -0.4 is 14.8 Å². The first-order valence-corrected chi connectivity index (χ1v) is 7.00. The van der Waals surface area contributed by atoms with Crippen LogP contribution in [-0.4, -0.2) is 20.2 Å². The van der Waals surface area contributed by atoms with Crippen LogP contribution in [0, 0.1) is 0 Å². The number of hydrogen-bond donors (Lipinski definition) is 1. The Morgan fingerprint density at radius 1 is 1.14 bits per heavy atom. The summed E-state index contributed by atoms with van der Waals surface area (Å²) in [6.45, 7) is 0. The van der Waals surface area contributed by atoms with Gasteiger partial charge in [-0.25, -0.2) is 4.79 Å². The van der Waals surface area contributed by atoms with Crippen LogP contribution in [0.1, 0.15) is 22.1 Å². The van der Waals surface area contributed by atoms with Crippen LogP contribution in [0.15, 0.2) is 36.4 Å². The quantitative estimate of drug-likeness (QED) is 0.872. The minimum Gasteiger partial charge on any atom is -0.493 e. The SMILES string of the molecule is COc1ccc2c(c1OC)C(=O)O[C@H]2Nc1ccccc1Cl. The van der Waals surface area contributed by atoms with Crippen molar-refractivity contribution in [2.24, 2.45) is 0 Å². The van der Waals surface area contributed by atoms with Gasteiger partial charge >= 0.3 is 5.97 Å². The standard InChI is InChI=1S/C16H14ClNO4/c1-20-12-8-7-9-13(14(12)21-2)16(19)22-15(9)18-11-6-4-3-5-10(11)17/h3-8,15,18H,1-2H3/t15-/m1/s1. The first-order valence-electron chi connectivity index (χ1n) is 6.62. The lowest BCUT2D eigenvalue weighted by Crippen LogP contribution is -2.10. The molecule has 0 saturated carbocycles. The van der Waals surface area contributed by atoms with Gasteiger partial charge in [-0.3, -0.25) is 0 Å². The zero-order chi connectivity index (χ0) is 15.7. The number of rotatable bonds is 4. The molecule has 0 radical (unpaired) electrons. The molecule has 3 rings (SSSR count). The molecule has 0 aromatic heterocycles. The third-order valence-electron chi connectivity index (χ3n) is 3.45. The van der Waals surface area contributed by atoms with Crippen LogP contribution in [0.25, 0.3) is 0 Å². The maximum atomic E-state index is 12.2. The Morgan fingerprint density at radius 2 is 1.91 bits per heavy atom. The van der Waals surface area contributed by atoms with Crippen molar-refractivity contribution in [3.05, 3.63) is 52.5 Å². The molecule has 0 fully saturated rings. The predicted octanol–water partition coefficient (Wildman–Crippen LogP) is 3.64. The van der Waals surface area contributed by atoms with Gasteiger partial charge in [0.1, 0.15) is 5.56 Å². The summed E-state index contributed by atoms with van der Waals surface area (Å²) in [7, 11) is 3.00. The maximum absolute atomic E-state index is 12.2. The van der Waals surface area contributed by atoms with Crippen LogP contribution in [0.3, 0.4) is 0 Å². The molecule has 0 spiro atoms. The molecule has 0 amide bonds. The van der Waals surface area contributed by atoms with Gasteiger partial charge in [-0.1, -0.05) is 23.7 Å². The summed E-state index contributed by atoms with van der Waals surface area (Å²) >= 11 is 6.12. The first kappa shape index (κ1) is 14.5. The molecule has 1 atom stereocenters. The number of esters is 1. The second kappa shape index (κ2) is 5.77. The monoisotopic (exact) mass is 319 g/mol. The van der Waals surface area contributed by atoms with Gasteiger partial charge in [0.15, 0.2) is 11.5 Å². The lowest BCUT2D eigenvalue weighted by atomic mass is 10.1. The third-order valence-corrected chi connectivity index (χ3v) is 3.78. The minimum atomic E-state index is -0.623. The van der Waals surface area contributed by atoms with Gasteiger partial charge < -0.3 is 19.5 Å². The van der Waals surface area contributed by atoms with Gasteiger partial charge in [0.25, 0.3) is 0 Å². The Labute approximate surface area is 132 Å². The van der Waals surface area contributed by atoms with Crippen LogP contribution in [0.2, 0.25) is 5.02 Å². The highest BCUT2D eigenvalue weighted by molar-refractivity contribution is 6.33. The number of benzene rings is 2. The van der Waals surface area contributed by atoms with E-state index in [2.05, 4.69) is 5.32 Å². The number of halogens is 1. The number of cyclic esters (lactones) is 1. The molecule has 22 heavy (non-hydrogen) atoms. The largest absolute Gasteiger partial charge is 0.493 e. The van der Waals surface area contributed by atoms with Crippen LogP contribution in [0.5, 0.6) is 11.5 Å². The summed E-state index contributed by atoms with van der Waals surface area (Å²) in [5.41, 5.74) is 1.73. The Hall–Kier alpha value is -2.40. The molecule has 114 valence electrons. The summed E-state index contributed by atoms with van der Waals surface area (Å²) in [5.74, 6) is 0.389. The summed E-state index contributed by atoms with van der Waals surface area (Å²) in [6, 6.07) is 10.8. The van der Waals surface area contributed by atoms with E-state index in [0.29, 0.717) is 33.3 Å². The molecular weight excluding hydrogens is 306 g/mol. The molecule has 2 aromatic rings. The van der Waals surface area contributed by atoms with E-state index in [1.54, 1.807) is 18.2 Å². The third kappa shape index (κ3) is 2.33. The van der Waals surface area contributed by atoms with Gasteiger partial charge in [0.2, 0.25) is 6.23 Å². The molecule has 0 saturated heterocycles. The summed E-state index contributed by atoms with van der Waals surface area (Å²) in [4.78, 5) is 12.2. The number of fused-ring (bicyclic) bond motifs is 1. The zero-order valence-corrected chi connectivity index (χ0v) is 12.8. The number of carbonyl (C=O) groups is 1. The molecule has 5 nitrogen and oxygen atoms in total. The first-order chi connectivity index (χ1) is 10.7. The number of hydrogen-bond acceptors (Lipinski definition) is 5. The second-order valence-electron chi connectivity index (χ2n) is 4.67. The topological polar surface area (TPSA) is 56.8 Å². The number of para-hydroxylation sites is 1. The summed E-state index contributed by atoms with van der Waals surface area (Å²) in [6.07, 6.45) is -0.623. The average Bonchev–Trinajstić information content (AvgIpc) is 2.85. The van der Waals surface area contributed by atoms with Crippen molar-refractivity contribution < 1.29 is 19.0 Å². The van der Waals surface area contributed by atoms with Crippen molar-refractivity contribution in [1.29, 1.82) is 0 Å². The number of carbonyl (C=O) groups excluding carboxylic acids is 1. The Bertz CT molecular complexity index is 732. The molecule has 6 heteroatoms. The molecule has 1 N–H and O–H groups in total. The molecule has 1 aliphatic heterocycles. The van der Waals surface area contributed by atoms with Crippen LogP contribution >= 0.6 is 11.6 Å². The number of methoxy groups -OCH3 is 2. The molecule has 0 bridgehead atoms. The van der Waals surface area contributed by atoms with Crippen molar-refractivity contribution in [3.63, 3.8) is 0 Å². The fourth-order valence-electron chi connectivity index (χ4n) is 2.43. The second-order valence-corrected chi connectivity index (χ2v) is 5.08. The molecule has 0 unspecified atom stereocenters. The highest BCUT2D eigenvalue weighted by atomic mass is 35.5. The lowest BCUT2D eigenvalue weighted by molar-refractivity contribution is 0.0435. The highest BCUT2D eigenvalue weighted by Gasteiger charge is 2.36. The normalized spacial score (nSPS) is 16.0. The van der Waals surface area contributed by atoms with Gasteiger partial charge in [-0.15, -0.1) is 0 Å². The molecule has 1 aliphatic rings. The van der Waals surface area contributed by atoms with E-state index in [1.807, 2.05) is 18.2 Å². The Balaban J connectivity index is 2.00. The number of ether oxygens (including phenoxy) is 3. The Morgan fingerprint density at radius 3 is 2.59 bits per heavy atom. The highest BCUT2D eigenvalue weighted by Crippen LogP contribution is 2.42. The number of nitrogens with one attached hydrogen (secondary N) is 1. The van der Waals surface area contributed by atoms with Crippen LogP contribution in [0.4, 0.5) is 5.69 Å². The fraction of sp³-hybridized carbons (Fsp3) is 0.188. The van der Waals surface area contributed by atoms with Gasteiger partial charge in [0.05, 0.1) is 24.9 Å². The smallest absolute Gasteiger partial charge is 0.344 e. The van der Waals surface area contributed by atoms with E-state index in [-0.39, 0.29) is 0 Å². The van der Waals surface area contributed by atoms with Crippen molar-refractivity contribution in [2.45, 2.75) is 6.23 Å². The van der Waals surface area contributed by atoms with Gasteiger partial charge in [0, 0.05) is 5.56 Å². The lowest BCUT2D eigenvalue weighted by Gasteiger charge is -2.16. The predicted molar refractivity (Wildman–Crippen MR) is 82.8 cm³/mol. The van der Waals surface area contributed by atoms with Gasteiger partial charge in [-0.2, -0.15) is 0 Å². The number of anilines is 1. The molecule has 1 heterocycles. The Kier molecular flexibility index (Phi) is 3.81. The van der Waals surface area contributed by atoms with E-state index in [0.717, 1.165) is 0 Å². The maximum Gasteiger partial charge on any atom is 0.344 e. The van der Waals surface area contributed by atoms with E-state index >= 15 is 0 Å². The minimum absolute atomic E-state index is 0.367. The van der Waals surface area contributed by atoms with Gasteiger partial charge in [-0.05, 0) is 24.3 Å².